The maximum absolute atomic E-state index is 12.7. The minimum atomic E-state index is -4.56. The van der Waals surface area contributed by atoms with Crippen LogP contribution in [0.1, 0.15) is 11.1 Å². The fourth-order valence-corrected chi connectivity index (χ4v) is 1.97. The van der Waals surface area contributed by atoms with E-state index in [9.17, 15) is 22.0 Å². The summed E-state index contributed by atoms with van der Waals surface area (Å²) in [5.74, 6) is -0.103. The average molecular weight is 309 g/mol. The van der Waals surface area contributed by atoms with Crippen LogP contribution in [0.25, 0.3) is 5.57 Å². The number of thiocarbonyl (C=S) groups is 1. The normalized spacial score (nSPS) is 18.3. The molecule has 0 saturated heterocycles. The van der Waals surface area contributed by atoms with E-state index in [1.807, 2.05) is 0 Å². The monoisotopic (exact) mass is 309 g/mol. The third kappa shape index (κ3) is 2.74. The summed E-state index contributed by atoms with van der Waals surface area (Å²) in [6.45, 7) is 0. The Balaban J connectivity index is 2.54. The molecule has 2 N–H and O–H groups in total. The topological polar surface area (TPSA) is 35.2 Å². The van der Waals surface area contributed by atoms with Gasteiger partial charge >= 0.3 is 6.18 Å². The fraction of sp³-hybridized carbons (Fsp3) is 0.250. The molecule has 1 aromatic carbocycles. The number of ether oxygens (including phenoxy) is 1. The molecule has 1 aliphatic heterocycles. The highest BCUT2D eigenvalue weighted by Crippen LogP contribution is 2.38. The summed E-state index contributed by atoms with van der Waals surface area (Å²) in [6.07, 6.45) is -8.05. The lowest BCUT2D eigenvalue weighted by Gasteiger charge is -2.25. The number of alkyl halides is 5. The Morgan fingerprint density at radius 1 is 1.30 bits per heavy atom. The summed E-state index contributed by atoms with van der Waals surface area (Å²) >= 11 is 4.70. The van der Waals surface area contributed by atoms with Crippen molar-refractivity contribution in [2.24, 2.45) is 5.73 Å². The number of hydrogen-bond acceptors (Lipinski definition) is 2. The number of fused-ring (bicyclic) bond motifs is 1. The Morgan fingerprint density at radius 2 is 1.95 bits per heavy atom. The fourth-order valence-electron chi connectivity index (χ4n) is 1.79. The first kappa shape index (κ1) is 14.7. The van der Waals surface area contributed by atoms with Crippen LogP contribution >= 0.6 is 12.2 Å². The van der Waals surface area contributed by atoms with Crippen molar-refractivity contribution in [2.75, 3.05) is 0 Å². The Labute approximate surface area is 116 Å². The largest absolute Gasteiger partial charge is 0.480 e. The van der Waals surface area contributed by atoms with E-state index in [4.69, 9.17) is 22.7 Å². The second-order valence-electron chi connectivity index (χ2n) is 4.07. The van der Waals surface area contributed by atoms with E-state index < -0.39 is 24.3 Å². The Hall–Kier alpha value is -1.70. The van der Waals surface area contributed by atoms with Gasteiger partial charge in [0.2, 0.25) is 0 Å². The first-order valence-corrected chi connectivity index (χ1v) is 5.79. The number of halogens is 5. The van der Waals surface area contributed by atoms with Gasteiger partial charge in [-0.25, -0.2) is 8.78 Å². The van der Waals surface area contributed by atoms with Gasteiger partial charge in [0.25, 0.3) is 6.43 Å². The molecule has 20 heavy (non-hydrogen) atoms. The lowest BCUT2D eigenvalue weighted by molar-refractivity contribution is -0.137. The zero-order valence-electron chi connectivity index (χ0n) is 9.75. The number of hydrogen-bond donors (Lipinski definition) is 1. The molecule has 2 nitrogen and oxygen atoms in total. The third-order valence-corrected chi connectivity index (χ3v) is 2.92. The summed E-state index contributed by atoms with van der Waals surface area (Å²) < 4.78 is 68.2. The second-order valence-corrected chi connectivity index (χ2v) is 4.51. The standard InChI is InChI=1S/C12H8F5NOS/c13-10(14)9-4-7(11(18)20)6-3-5(12(15,16)17)1-2-8(6)19-9/h1-4,9-10H,(H2,18,20). The summed E-state index contributed by atoms with van der Waals surface area (Å²) in [5.41, 5.74) is 4.37. The maximum Gasteiger partial charge on any atom is 0.416 e. The van der Waals surface area contributed by atoms with Gasteiger partial charge in [-0.15, -0.1) is 0 Å². The minimum absolute atomic E-state index is 0.0378. The highest BCUT2D eigenvalue weighted by Gasteiger charge is 2.34. The zero-order chi connectivity index (χ0) is 15.1. The SMILES string of the molecule is NC(=S)C1=CC(C(F)F)Oc2ccc(C(F)(F)F)cc21. The molecular weight excluding hydrogens is 301 g/mol. The molecule has 0 saturated carbocycles. The van der Waals surface area contributed by atoms with Crippen LogP contribution in [0, 0.1) is 0 Å². The Kier molecular flexibility index (Phi) is 3.68. The van der Waals surface area contributed by atoms with Crippen LogP contribution in [0.4, 0.5) is 22.0 Å². The lowest BCUT2D eigenvalue weighted by atomic mass is 9.97. The lowest BCUT2D eigenvalue weighted by Crippen LogP contribution is -2.29. The summed E-state index contributed by atoms with van der Waals surface area (Å²) in [4.78, 5) is -0.264. The first-order valence-electron chi connectivity index (χ1n) is 5.38. The van der Waals surface area contributed by atoms with Crippen LogP contribution < -0.4 is 10.5 Å². The van der Waals surface area contributed by atoms with Crippen molar-refractivity contribution in [2.45, 2.75) is 18.7 Å². The van der Waals surface area contributed by atoms with Gasteiger partial charge in [-0.3, -0.25) is 0 Å². The predicted octanol–water partition coefficient (Wildman–Crippen LogP) is 3.40. The van der Waals surface area contributed by atoms with Crippen LogP contribution in [0.15, 0.2) is 24.3 Å². The summed E-state index contributed by atoms with van der Waals surface area (Å²) in [7, 11) is 0. The van der Waals surface area contributed by atoms with Gasteiger partial charge in [0.05, 0.1) is 5.56 Å². The van der Waals surface area contributed by atoms with E-state index in [0.29, 0.717) is 0 Å². The van der Waals surface area contributed by atoms with E-state index >= 15 is 0 Å². The van der Waals surface area contributed by atoms with E-state index in [1.54, 1.807) is 0 Å². The molecule has 0 fully saturated rings. The van der Waals surface area contributed by atoms with Crippen LogP contribution in [-0.2, 0) is 6.18 Å². The molecule has 0 aromatic heterocycles. The van der Waals surface area contributed by atoms with E-state index in [2.05, 4.69) is 0 Å². The van der Waals surface area contributed by atoms with Crippen molar-refractivity contribution in [3.63, 3.8) is 0 Å². The van der Waals surface area contributed by atoms with Gasteiger partial charge in [-0.1, -0.05) is 12.2 Å². The van der Waals surface area contributed by atoms with Gasteiger partial charge in [-0.2, -0.15) is 13.2 Å². The van der Waals surface area contributed by atoms with Crippen molar-refractivity contribution >= 4 is 22.8 Å². The Bertz CT molecular complexity index is 582. The van der Waals surface area contributed by atoms with Gasteiger partial charge in [0, 0.05) is 11.1 Å². The molecule has 108 valence electrons. The molecule has 1 unspecified atom stereocenters. The molecular formula is C12H8F5NOS. The molecule has 0 aliphatic carbocycles. The van der Waals surface area contributed by atoms with E-state index in [0.717, 1.165) is 24.3 Å². The van der Waals surface area contributed by atoms with Crippen LogP contribution in [0.5, 0.6) is 5.75 Å². The molecule has 0 bridgehead atoms. The molecule has 1 aliphatic rings. The molecule has 0 radical (unpaired) electrons. The number of nitrogens with two attached hydrogens (primary N) is 1. The van der Waals surface area contributed by atoms with Crippen LogP contribution in [0.3, 0.4) is 0 Å². The first-order chi connectivity index (χ1) is 9.20. The quantitative estimate of drug-likeness (QED) is 0.672. The smallest absolute Gasteiger partial charge is 0.416 e. The number of rotatable bonds is 2. The van der Waals surface area contributed by atoms with Crippen molar-refractivity contribution in [1.82, 2.24) is 0 Å². The highest BCUT2D eigenvalue weighted by molar-refractivity contribution is 7.81. The molecule has 1 aromatic rings. The van der Waals surface area contributed by atoms with Gasteiger partial charge < -0.3 is 10.5 Å². The van der Waals surface area contributed by atoms with Crippen LogP contribution in [-0.4, -0.2) is 17.5 Å². The molecule has 1 heterocycles. The van der Waals surface area contributed by atoms with Crippen molar-refractivity contribution in [3.8, 4) is 5.75 Å². The van der Waals surface area contributed by atoms with Gasteiger partial charge in [0.15, 0.2) is 6.10 Å². The number of benzene rings is 1. The van der Waals surface area contributed by atoms with Gasteiger partial charge in [0.1, 0.15) is 10.7 Å². The maximum atomic E-state index is 12.7. The predicted molar refractivity (Wildman–Crippen MR) is 66.6 cm³/mol. The molecule has 0 amide bonds. The Morgan fingerprint density at radius 3 is 2.45 bits per heavy atom. The van der Waals surface area contributed by atoms with Crippen molar-refractivity contribution in [1.29, 1.82) is 0 Å². The van der Waals surface area contributed by atoms with Crippen molar-refractivity contribution < 1.29 is 26.7 Å². The molecule has 8 heteroatoms. The highest BCUT2D eigenvalue weighted by atomic mass is 32.1. The minimum Gasteiger partial charge on any atom is -0.480 e. The average Bonchev–Trinajstić information content (AvgIpc) is 2.35. The summed E-state index contributed by atoms with van der Waals surface area (Å²) in [6, 6.07) is 2.52. The van der Waals surface area contributed by atoms with Gasteiger partial charge in [-0.05, 0) is 24.3 Å². The molecule has 0 spiro atoms. The van der Waals surface area contributed by atoms with Crippen LogP contribution in [0.2, 0.25) is 0 Å². The third-order valence-electron chi connectivity index (χ3n) is 2.70. The molecule has 2 rings (SSSR count). The summed E-state index contributed by atoms with van der Waals surface area (Å²) in [5, 5.41) is 0. The second kappa shape index (κ2) is 5.01. The van der Waals surface area contributed by atoms with Crippen molar-refractivity contribution in [3.05, 3.63) is 35.4 Å². The van der Waals surface area contributed by atoms with E-state index in [-0.39, 0.29) is 21.9 Å². The zero-order valence-corrected chi connectivity index (χ0v) is 10.6. The van der Waals surface area contributed by atoms with E-state index in [1.165, 1.54) is 0 Å². The molecule has 1 atom stereocenters.